The third kappa shape index (κ3) is 4.90. The number of pyridine rings is 1. The molecule has 3 rings (SSSR count). The van der Waals surface area contributed by atoms with Gasteiger partial charge in [-0.1, -0.05) is 23.4 Å². The molecule has 0 spiro atoms. The molecule has 5 nitrogen and oxygen atoms in total. The Hall–Kier alpha value is -2.77. The lowest BCUT2D eigenvalue weighted by Crippen LogP contribution is -2.30. The molecular weight excluding hydrogens is 357 g/mol. The van der Waals surface area contributed by atoms with Crippen LogP contribution in [0.25, 0.3) is 0 Å². The molecule has 1 saturated heterocycles. The van der Waals surface area contributed by atoms with Gasteiger partial charge >= 0.3 is 6.18 Å². The minimum atomic E-state index is -4.44. The molecule has 1 fully saturated rings. The highest BCUT2D eigenvalue weighted by atomic mass is 19.4. The van der Waals surface area contributed by atoms with Crippen LogP contribution >= 0.6 is 0 Å². The molecule has 2 heterocycles. The summed E-state index contributed by atoms with van der Waals surface area (Å²) in [6.07, 6.45) is 0.658. The van der Waals surface area contributed by atoms with Crippen LogP contribution in [-0.4, -0.2) is 23.9 Å². The number of hydrogen-bond donors (Lipinski definition) is 1. The Morgan fingerprint density at radius 3 is 2.63 bits per heavy atom. The predicted octanol–water partition coefficient (Wildman–Crippen LogP) is 3.93. The molecule has 1 aliphatic rings. The number of piperidine rings is 1. The molecule has 2 N–H and O–H groups in total. The van der Waals surface area contributed by atoms with E-state index in [0.717, 1.165) is 37.8 Å². The molecule has 1 aromatic carbocycles. The Labute approximate surface area is 155 Å². The SMILES string of the molecule is N/C(=N\OCc1ccccc1C(F)(F)F)c1ccnc(N2CCCCC2)c1. The van der Waals surface area contributed by atoms with E-state index in [4.69, 9.17) is 10.6 Å². The Bertz CT molecular complexity index is 802. The second-order valence-electron chi connectivity index (χ2n) is 6.36. The van der Waals surface area contributed by atoms with Crippen LogP contribution in [0.2, 0.25) is 0 Å². The van der Waals surface area contributed by atoms with Crippen molar-refractivity contribution < 1.29 is 18.0 Å². The number of alkyl halides is 3. The fourth-order valence-electron chi connectivity index (χ4n) is 3.02. The van der Waals surface area contributed by atoms with E-state index in [1.165, 1.54) is 24.6 Å². The third-order valence-electron chi connectivity index (χ3n) is 4.43. The van der Waals surface area contributed by atoms with E-state index < -0.39 is 11.7 Å². The number of oxime groups is 1. The number of anilines is 1. The van der Waals surface area contributed by atoms with Crippen LogP contribution < -0.4 is 10.6 Å². The second kappa shape index (κ2) is 8.28. The van der Waals surface area contributed by atoms with E-state index in [0.29, 0.717) is 5.56 Å². The topological polar surface area (TPSA) is 63.7 Å². The largest absolute Gasteiger partial charge is 0.416 e. The number of rotatable bonds is 5. The Morgan fingerprint density at radius 1 is 1.15 bits per heavy atom. The standard InChI is InChI=1S/C19H21F3N4O/c20-19(21,22)16-7-3-2-6-15(16)13-27-25-18(23)14-8-9-24-17(12-14)26-10-4-1-5-11-26/h2-3,6-9,12H,1,4-5,10-11,13H2,(H2,23,25). The Balaban J connectivity index is 1.68. The smallest absolute Gasteiger partial charge is 0.389 e. The summed E-state index contributed by atoms with van der Waals surface area (Å²) in [6.45, 7) is 1.57. The van der Waals surface area contributed by atoms with Gasteiger partial charge in [-0.2, -0.15) is 13.2 Å². The summed E-state index contributed by atoms with van der Waals surface area (Å²) in [5.74, 6) is 0.910. The van der Waals surface area contributed by atoms with Gasteiger partial charge in [0.2, 0.25) is 0 Å². The second-order valence-corrected chi connectivity index (χ2v) is 6.36. The maximum absolute atomic E-state index is 13.0. The van der Waals surface area contributed by atoms with Crippen molar-refractivity contribution in [2.45, 2.75) is 32.0 Å². The molecule has 0 radical (unpaired) electrons. The van der Waals surface area contributed by atoms with Crippen LogP contribution in [0.15, 0.2) is 47.8 Å². The summed E-state index contributed by atoms with van der Waals surface area (Å²) < 4.78 is 39.0. The van der Waals surface area contributed by atoms with Crippen molar-refractivity contribution in [2.24, 2.45) is 10.9 Å². The van der Waals surface area contributed by atoms with E-state index in [9.17, 15) is 13.2 Å². The normalized spacial score (nSPS) is 15.7. The zero-order valence-corrected chi connectivity index (χ0v) is 14.7. The van der Waals surface area contributed by atoms with Gasteiger partial charge in [0.15, 0.2) is 5.84 Å². The molecule has 1 aromatic heterocycles. The number of benzene rings is 1. The van der Waals surface area contributed by atoms with Crippen LogP contribution in [0.3, 0.4) is 0 Å². The van der Waals surface area contributed by atoms with Crippen molar-refractivity contribution in [3.05, 3.63) is 59.3 Å². The lowest BCUT2D eigenvalue weighted by Gasteiger charge is -2.27. The predicted molar refractivity (Wildman–Crippen MR) is 97.3 cm³/mol. The highest BCUT2D eigenvalue weighted by Crippen LogP contribution is 2.32. The van der Waals surface area contributed by atoms with Gasteiger partial charge in [0.1, 0.15) is 12.4 Å². The molecule has 0 aliphatic carbocycles. The summed E-state index contributed by atoms with van der Waals surface area (Å²) in [5.41, 5.74) is 5.82. The average molecular weight is 378 g/mol. The van der Waals surface area contributed by atoms with Gasteiger partial charge < -0.3 is 15.5 Å². The molecule has 2 aromatic rings. The van der Waals surface area contributed by atoms with Crippen LogP contribution in [0.4, 0.5) is 19.0 Å². The monoisotopic (exact) mass is 378 g/mol. The molecule has 1 aliphatic heterocycles. The molecule has 144 valence electrons. The molecule has 0 amide bonds. The Morgan fingerprint density at radius 2 is 1.89 bits per heavy atom. The molecule has 0 saturated carbocycles. The van der Waals surface area contributed by atoms with Crippen molar-refractivity contribution in [2.75, 3.05) is 18.0 Å². The fourth-order valence-corrected chi connectivity index (χ4v) is 3.02. The first-order chi connectivity index (χ1) is 12.9. The molecule has 0 unspecified atom stereocenters. The molecule has 8 heteroatoms. The first-order valence-corrected chi connectivity index (χ1v) is 8.77. The van der Waals surface area contributed by atoms with E-state index in [2.05, 4.69) is 15.0 Å². The van der Waals surface area contributed by atoms with Gasteiger partial charge in [-0.25, -0.2) is 4.98 Å². The molecule has 27 heavy (non-hydrogen) atoms. The number of hydrogen-bond acceptors (Lipinski definition) is 4. The van der Waals surface area contributed by atoms with Crippen LogP contribution in [0.1, 0.15) is 36.0 Å². The van der Waals surface area contributed by atoms with E-state index in [1.807, 2.05) is 6.07 Å². The summed E-state index contributed by atoms with van der Waals surface area (Å²) in [4.78, 5) is 11.6. The van der Waals surface area contributed by atoms with Crippen molar-refractivity contribution in [1.29, 1.82) is 0 Å². The lowest BCUT2D eigenvalue weighted by atomic mass is 10.1. The first kappa shape index (κ1) is 19.0. The Kier molecular flexibility index (Phi) is 5.83. The van der Waals surface area contributed by atoms with Gasteiger partial charge in [-0.3, -0.25) is 0 Å². The van der Waals surface area contributed by atoms with E-state index in [1.54, 1.807) is 12.3 Å². The van der Waals surface area contributed by atoms with Gasteiger partial charge in [-0.05, 0) is 37.5 Å². The molecular formula is C19H21F3N4O. The lowest BCUT2D eigenvalue weighted by molar-refractivity contribution is -0.138. The van der Waals surface area contributed by atoms with Crippen molar-refractivity contribution in [1.82, 2.24) is 4.98 Å². The number of amidine groups is 1. The zero-order chi connectivity index (χ0) is 19.3. The van der Waals surface area contributed by atoms with Gasteiger partial charge in [0, 0.05) is 30.4 Å². The van der Waals surface area contributed by atoms with Gasteiger partial charge in [0.05, 0.1) is 5.56 Å². The number of nitrogens with zero attached hydrogens (tertiary/aromatic N) is 3. The summed E-state index contributed by atoms with van der Waals surface area (Å²) in [5, 5.41) is 3.78. The van der Waals surface area contributed by atoms with Crippen LogP contribution in [0.5, 0.6) is 0 Å². The summed E-state index contributed by atoms with van der Waals surface area (Å²) >= 11 is 0. The van der Waals surface area contributed by atoms with Crippen LogP contribution in [0, 0.1) is 0 Å². The van der Waals surface area contributed by atoms with Crippen LogP contribution in [-0.2, 0) is 17.6 Å². The van der Waals surface area contributed by atoms with Crippen molar-refractivity contribution in [3.8, 4) is 0 Å². The fraction of sp³-hybridized carbons (Fsp3) is 0.368. The quantitative estimate of drug-likeness (QED) is 0.486. The first-order valence-electron chi connectivity index (χ1n) is 8.77. The zero-order valence-electron chi connectivity index (χ0n) is 14.7. The minimum Gasteiger partial charge on any atom is -0.389 e. The number of halogens is 3. The van der Waals surface area contributed by atoms with E-state index >= 15 is 0 Å². The summed E-state index contributed by atoms with van der Waals surface area (Å²) in [6, 6.07) is 8.74. The van der Waals surface area contributed by atoms with Crippen molar-refractivity contribution in [3.63, 3.8) is 0 Å². The summed E-state index contributed by atoms with van der Waals surface area (Å²) in [7, 11) is 0. The van der Waals surface area contributed by atoms with Gasteiger partial charge in [-0.15, -0.1) is 0 Å². The molecule has 0 atom stereocenters. The maximum atomic E-state index is 13.0. The maximum Gasteiger partial charge on any atom is 0.416 e. The third-order valence-corrected chi connectivity index (χ3v) is 4.43. The van der Waals surface area contributed by atoms with Crippen molar-refractivity contribution >= 4 is 11.7 Å². The highest BCUT2D eigenvalue weighted by molar-refractivity contribution is 5.97. The number of aromatic nitrogens is 1. The highest BCUT2D eigenvalue weighted by Gasteiger charge is 2.33. The van der Waals surface area contributed by atoms with E-state index in [-0.39, 0.29) is 18.0 Å². The van der Waals surface area contributed by atoms with Gasteiger partial charge in [0.25, 0.3) is 0 Å². The number of nitrogens with two attached hydrogens (primary N) is 1. The average Bonchev–Trinajstić information content (AvgIpc) is 2.68. The molecule has 0 bridgehead atoms. The minimum absolute atomic E-state index is 0.00489.